The van der Waals surface area contributed by atoms with Crippen LogP contribution in [0.25, 0.3) is 0 Å². The van der Waals surface area contributed by atoms with Gasteiger partial charge in [-0.2, -0.15) is 0 Å². The fourth-order valence-corrected chi connectivity index (χ4v) is 5.93. The number of benzene rings is 3. The Bertz CT molecular complexity index is 1280. The van der Waals surface area contributed by atoms with Crippen molar-refractivity contribution in [2.24, 2.45) is 11.8 Å². The molecule has 1 heterocycles. The minimum absolute atomic E-state index is 0.200. The zero-order valence-corrected chi connectivity index (χ0v) is 18.5. The standard InChI is InChI=1S/C28H20FNO5/c29-16-11-9-15(10-12-16)21(31)14-35-22(32)13-30-27(33)25-23-17-5-1-2-6-18(17)24(26(25)28(30)34)20-8-4-3-7-19(20)23/h1-12,23-26H,13-14H2. The SMILES string of the molecule is O=C(CN1C(=O)C2C3c4ccccc4C(c4ccccc43)C2C1=O)OCC(=O)c1ccc(F)cc1. The number of Topliss-reactive ketones (excluding diaryl/α,β-unsaturated/α-hetero) is 1. The summed E-state index contributed by atoms with van der Waals surface area (Å²) >= 11 is 0. The monoisotopic (exact) mass is 469 g/mol. The van der Waals surface area contributed by atoms with Crippen LogP contribution in [0, 0.1) is 17.7 Å². The van der Waals surface area contributed by atoms with E-state index in [0.717, 1.165) is 39.3 Å². The second kappa shape index (κ2) is 7.98. The van der Waals surface area contributed by atoms with Crippen molar-refractivity contribution in [2.75, 3.05) is 13.2 Å². The Kier molecular flexibility index (Phi) is 4.88. The summed E-state index contributed by atoms with van der Waals surface area (Å²) in [5.74, 6) is -4.27. The Labute approximate surface area is 200 Å². The van der Waals surface area contributed by atoms with E-state index in [1.807, 2.05) is 48.5 Å². The van der Waals surface area contributed by atoms with Crippen molar-refractivity contribution in [2.45, 2.75) is 11.8 Å². The molecule has 174 valence electrons. The van der Waals surface area contributed by atoms with Gasteiger partial charge in [0.25, 0.3) is 0 Å². The van der Waals surface area contributed by atoms with Crippen LogP contribution >= 0.6 is 0 Å². The van der Waals surface area contributed by atoms with E-state index in [2.05, 4.69) is 0 Å². The van der Waals surface area contributed by atoms with E-state index in [9.17, 15) is 23.6 Å². The van der Waals surface area contributed by atoms with E-state index >= 15 is 0 Å². The number of carbonyl (C=O) groups excluding carboxylic acids is 4. The molecular formula is C28H20FNO5. The number of halogens is 1. The molecule has 0 spiro atoms. The van der Waals surface area contributed by atoms with Crippen LogP contribution in [0.4, 0.5) is 4.39 Å². The van der Waals surface area contributed by atoms with Gasteiger partial charge in [-0.1, -0.05) is 48.5 Å². The summed E-state index contributed by atoms with van der Waals surface area (Å²) in [6.07, 6.45) is 0. The van der Waals surface area contributed by atoms with Gasteiger partial charge in [-0.15, -0.1) is 0 Å². The summed E-state index contributed by atoms with van der Waals surface area (Å²) < 4.78 is 18.1. The Balaban J connectivity index is 1.23. The first-order valence-corrected chi connectivity index (χ1v) is 11.4. The molecule has 3 aromatic rings. The number of imide groups is 1. The molecule has 3 aromatic carbocycles. The van der Waals surface area contributed by atoms with E-state index in [1.54, 1.807) is 0 Å². The molecule has 0 saturated carbocycles. The van der Waals surface area contributed by atoms with Crippen LogP contribution < -0.4 is 0 Å². The molecule has 4 aliphatic rings. The molecule has 2 atom stereocenters. The zero-order chi connectivity index (χ0) is 24.3. The number of carbonyl (C=O) groups is 4. The van der Waals surface area contributed by atoms with Gasteiger partial charge < -0.3 is 4.74 Å². The van der Waals surface area contributed by atoms with Gasteiger partial charge in [0.1, 0.15) is 12.4 Å². The Hall–Kier alpha value is -4.13. The van der Waals surface area contributed by atoms with Crippen LogP contribution in [-0.2, 0) is 19.1 Å². The number of hydrogen-bond donors (Lipinski definition) is 0. The molecule has 35 heavy (non-hydrogen) atoms. The second-order valence-corrected chi connectivity index (χ2v) is 9.12. The van der Waals surface area contributed by atoms with Gasteiger partial charge in [0.15, 0.2) is 12.4 Å². The molecular weight excluding hydrogens is 449 g/mol. The first kappa shape index (κ1) is 21.4. The molecule has 2 amide bonds. The van der Waals surface area contributed by atoms with E-state index in [1.165, 1.54) is 12.1 Å². The number of ether oxygens (including phenoxy) is 1. The molecule has 3 aliphatic carbocycles. The van der Waals surface area contributed by atoms with Gasteiger partial charge in [0, 0.05) is 17.4 Å². The molecule has 0 radical (unpaired) electrons. The predicted octanol–water partition coefficient (Wildman–Crippen LogP) is 3.44. The predicted molar refractivity (Wildman–Crippen MR) is 122 cm³/mol. The van der Waals surface area contributed by atoms with Gasteiger partial charge in [-0.05, 0) is 46.5 Å². The Morgan fingerprint density at radius 2 is 1.20 bits per heavy atom. The first-order chi connectivity index (χ1) is 17.0. The summed E-state index contributed by atoms with van der Waals surface area (Å²) in [4.78, 5) is 52.7. The quantitative estimate of drug-likeness (QED) is 0.325. The number of hydrogen-bond acceptors (Lipinski definition) is 5. The Morgan fingerprint density at radius 1 is 0.743 bits per heavy atom. The van der Waals surface area contributed by atoms with Gasteiger partial charge in [-0.25, -0.2) is 4.39 Å². The van der Waals surface area contributed by atoms with Gasteiger partial charge in [0.05, 0.1) is 11.8 Å². The van der Waals surface area contributed by atoms with Gasteiger partial charge in [0.2, 0.25) is 11.8 Å². The number of likely N-dealkylation sites (tertiary alicyclic amines) is 1. The maximum Gasteiger partial charge on any atom is 0.326 e. The second-order valence-electron chi connectivity index (χ2n) is 9.12. The van der Waals surface area contributed by atoms with Crippen molar-refractivity contribution in [3.63, 3.8) is 0 Å². The summed E-state index contributed by atoms with van der Waals surface area (Å²) in [6.45, 7) is -1.11. The molecule has 6 nitrogen and oxygen atoms in total. The highest BCUT2D eigenvalue weighted by Gasteiger charge is 2.61. The number of ketones is 1. The average molecular weight is 469 g/mol. The highest BCUT2D eigenvalue weighted by atomic mass is 19.1. The topological polar surface area (TPSA) is 80.8 Å². The lowest BCUT2D eigenvalue weighted by Gasteiger charge is -2.45. The largest absolute Gasteiger partial charge is 0.456 e. The maximum atomic E-state index is 13.5. The third-order valence-corrected chi connectivity index (χ3v) is 7.36. The number of rotatable bonds is 5. The maximum absolute atomic E-state index is 13.5. The van der Waals surface area contributed by atoms with Crippen LogP contribution in [0.5, 0.6) is 0 Å². The van der Waals surface area contributed by atoms with Crippen molar-refractivity contribution in [1.29, 1.82) is 0 Å². The van der Waals surface area contributed by atoms with Gasteiger partial charge >= 0.3 is 5.97 Å². The molecule has 2 bridgehead atoms. The lowest BCUT2D eigenvalue weighted by atomic mass is 9.55. The number of amides is 2. The van der Waals surface area contributed by atoms with E-state index in [0.29, 0.717) is 0 Å². The smallest absolute Gasteiger partial charge is 0.326 e. The lowest BCUT2D eigenvalue weighted by Crippen LogP contribution is -2.41. The lowest BCUT2D eigenvalue weighted by molar-refractivity contribution is -0.152. The summed E-state index contributed by atoms with van der Waals surface area (Å²) in [6, 6.07) is 20.7. The van der Waals surface area contributed by atoms with Crippen molar-refractivity contribution in [3.8, 4) is 0 Å². The molecule has 1 saturated heterocycles. The van der Waals surface area contributed by atoms with Crippen molar-refractivity contribution >= 4 is 23.6 Å². The molecule has 1 aliphatic heterocycles. The number of nitrogens with zero attached hydrogens (tertiary/aromatic N) is 1. The van der Waals surface area contributed by atoms with Crippen LogP contribution in [0.15, 0.2) is 72.8 Å². The first-order valence-electron chi connectivity index (χ1n) is 11.4. The summed E-state index contributed by atoms with van der Waals surface area (Å²) in [7, 11) is 0. The molecule has 1 fully saturated rings. The third-order valence-electron chi connectivity index (χ3n) is 7.36. The summed E-state index contributed by atoms with van der Waals surface area (Å²) in [5, 5.41) is 0. The Morgan fingerprint density at radius 3 is 1.66 bits per heavy atom. The van der Waals surface area contributed by atoms with Crippen LogP contribution in [0.3, 0.4) is 0 Å². The normalized spacial score (nSPS) is 23.5. The van der Waals surface area contributed by atoms with E-state index < -0.39 is 42.6 Å². The zero-order valence-electron chi connectivity index (χ0n) is 18.5. The molecule has 0 aromatic heterocycles. The highest BCUT2D eigenvalue weighted by Crippen LogP contribution is 2.60. The minimum atomic E-state index is -0.844. The van der Waals surface area contributed by atoms with Crippen LogP contribution in [0.2, 0.25) is 0 Å². The average Bonchev–Trinajstić information content (AvgIpc) is 3.13. The molecule has 0 N–H and O–H groups in total. The van der Waals surface area contributed by atoms with Crippen LogP contribution in [-0.4, -0.2) is 41.6 Å². The van der Waals surface area contributed by atoms with E-state index in [4.69, 9.17) is 4.74 Å². The fraction of sp³-hybridized carbons (Fsp3) is 0.214. The third kappa shape index (κ3) is 3.22. The van der Waals surface area contributed by atoms with Gasteiger partial charge in [-0.3, -0.25) is 24.1 Å². The van der Waals surface area contributed by atoms with Crippen molar-refractivity contribution < 1.29 is 28.3 Å². The minimum Gasteiger partial charge on any atom is -0.456 e. The van der Waals surface area contributed by atoms with Crippen LogP contribution in [0.1, 0.15) is 44.4 Å². The fourth-order valence-electron chi connectivity index (χ4n) is 5.93. The van der Waals surface area contributed by atoms with Crippen molar-refractivity contribution in [3.05, 3.63) is 106 Å². The van der Waals surface area contributed by atoms with Crippen molar-refractivity contribution in [1.82, 2.24) is 4.90 Å². The number of esters is 1. The highest BCUT2D eigenvalue weighted by molar-refractivity contribution is 6.09. The molecule has 7 rings (SSSR count). The molecule has 2 unspecified atom stereocenters. The summed E-state index contributed by atoms with van der Waals surface area (Å²) in [5.41, 5.74) is 4.40. The molecule has 7 heteroatoms. The van der Waals surface area contributed by atoms with E-state index in [-0.39, 0.29) is 29.2 Å².